The predicted octanol–water partition coefficient (Wildman–Crippen LogP) is 2.69. The molecule has 126 valence electrons. The Labute approximate surface area is 132 Å². The summed E-state index contributed by atoms with van der Waals surface area (Å²) in [5.74, 6) is -0.452. The van der Waals surface area contributed by atoms with Crippen LogP contribution in [0.1, 0.15) is 60.8 Å². The molecular weight excluding hydrogens is 286 g/mol. The van der Waals surface area contributed by atoms with E-state index < -0.39 is 29.3 Å². The monoisotopic (exact) mass is 313 g/mol. The van der Waals surface area contributed by atoms with Gasteiger partial charge in [-0.25, -0.2) is 9.59 Å². The fourth-order valence-electron chi connectivity index (χ4n) is 2.42. The lowest BCUT2D eigenvalue weighted by molar-refractivity contribution is -0.160. The molecule has 0 radical (unpaired) electrons. The van der Waals surface area contributed by atoms with Crippen molar-refractivity contribution in [2.75, 3.05) is 0 Å². The van der Waals surface area contributed by atoms with Crippen molar-refractivity contribution >= 4 is 18.3 Å². The molecule has 0 saturated carbocycles. The van der Waals surface area contributed by atoms with E-state index in [1.807, 2.05) is 0 Å². The van der Waals surface area contributed by atoms with Gasteiger partial charge >= 0.3 is 12.1 Å². The van der Waals surface area contributed by atoms with Crippen molar-refractivity contribution in [3.05, 3.63) is 0 Å². The summed E-state index contributed by atoms with van der Waals surface area (Å²) in [6.45, 7) is 10.6. The zero-order valence-electron chi connectivity index (χ0n) is 14.3. The Morgan fingerprint density at radius 3 is 2.05 bits per heavy atom. The van der Waals surface area contributed by atoms with E-state index in [0.717, 1.165) is 6.29 Å². The van der Waals surface area contributed by atoms with Crippen LogP contribution in [0.5, 0.6) is 0 Å². The highest BCUT2D eigenvalue weighted by Gasteiger charge is 2.44. The van der Waals surface area contributed by atoms with Gasteiger partial charge in [-0.2, -0.15) is 0 Å². The lowest BCUT2D eigenvalue weighted by Gasteiger charge is -2.32. The second kappa shape index (κ2) is 6.67. The van der Waals surface area contributed by atoms with Crippen LogP contribution >= 0.6 is 0 Å². The predicted molar refractivity (Wildman–Crippen MR) is 81.4 cm³/mol. The van der Waals surface area contributed by atoms with Crippen molar-refractivity contribution in [2.24, 2.45) is 0 Å². The molecule has 1 heterocycles. The van der Waals surface area contributed by atoms with Gasteiger partial charge in [0.25, 0.3) is 0 Å². The Hall–Kier alpha value is -1.59. The van der Waals surface area contributed by atoms with E-state index in [-0.39, 0.29) is 12.5 Å². The van der Waals surface area contributed by atoms with Crippen LogP contribution in [0.25, 0.3) is 0 Å². The molecule has 0 bridgehead atoms. The van der Waals surface area contributed by atoms with Gasteiger partial charge in [0.2, 0.25) is 0 Å². The summed E-state index contributed by atoms with van der Waals surface area (Å²) in [4.78, 5) is 36.9. The van der Waals surface area contributed by atoms with Crippen molar-refractivity contribution in [2.45, 2.75) is 84.1 Å². The largest absolute Gasteiger partial charge is 0.458 e. The molecule has 0 N–H and O–H groups in total. The molecule has 1 fully saturated rings. The maximum absolute atomic E-state index is 12.4. The summed E-state index contributed by atoms with van der Waals surface area (Å²) < 4.78 is 10.8. The number of hydrogen-bond acceptors (Lipinski definition) is 5. The second-order valence-electron chi connectivity index (χ2n) is 7.57. The third kappa shape index (κ3) is 5.31. The van der Waals surface area contributed by atoms with Gasteiger partial charge in [0.1, 0.15) is 23.5 Å². The van der Waals surface area contributed by atoms with Crippen LogP contribution < -0.4 is 0 Å². The first-order chi connectivity index (χ1) is 9.94. The van der Waals surface area contributed by atoms with E-state index in [1.54, 1.807) is 41.5 Å². The highest BCUT2D eigenvalue weighted by molar-refractivity contribution is 5.83. The summed E-state index contributed by atoms with van der Waals surface area (Å²) in [5.41, 5.74) is -1.29. The molecule has 1 rings (SSSR count). The maximum atomic E-state index is 12.4. The fourth-order valence-corrected chi connectivity index (χ4v) is 2.42. The van der Waals surface area contributed by atoms with E-state index in [2.05, 4.69) is 0 Å². The Morgan fingerprint density at radius 2 is 1.59 bits per heavy atom. The fraction of sp³-hybridized carbons (Fsp3) is 0.812. The van der Waals surface area contributed by atoms with E-state index in [0.29, 0.717) is 12.8 Å². The zero-order chi connectivity index (χ0) is 17.1. The van der Waals surface area contributed by atoms with Crippen LogP contribution in [0.2, 0.25) is 0 Å². The highest BCUT2D eigenvalue weighted by atomic mass is 16.6. The van der Waals surface area contributed by atoms with Gasteiger partial charge in [-0.15, -0.1) is 0 Å². The number of aldehydes is 1. The molecular formula is C16H27NO5. The minimum absolute atomic E-state index is 0.193. The zero-order valence-corrected chi connectivity index (χ0v) is 14.3. The van der Waals surface area contributed by atoms with E-state index in [4.69, 9.17) is 9.47 Å². The summed E-state index contributed by atoms with van der Waals surface area (Å²) in [7, 11) is 0. The van der Waals surface area contributed by atoms with Crippen LogP contribution in [0, 0.1) is 0 Å². The Bertz CT molecular complexity index is 433. The van der Waals surface area contributed by atoms with Gasteiger partial charge in [-0.05, 0) is 54.4 Å². The summed E-state index contributed by atoms with van der Waals surface area (Å²) in [6, 6.07) is -1.01. The Balaban J connectivity index is 2.93. The van der Waals surface area contributed by atoms with Crippen LogP contribution in [-0.4, -0.2) is 46.5 Å². The average molecular weight is 313 g/mol. The summed E-state index contributed by atoms with van der Waals surface area (Å²) >= 11 is 0. The van der Waals surface area contributed by atoms with Crippen molar-refractivity contribution in [1.82, 2.24) is 4.90 Å². The number of esters is 1. The van der Waals surface area contributed by atoms with Crippen LogP contribution in [0.4, 0.5) is 4.79 Å². The second-order valence-corrected chi connectivity index (χ2v) is 7.57. The molecule has 0 aromatic rings. The molecule has 0 unspecified atom stereocenters. The number of amides is 1. The molecule has 0 aromatic heterocycles. The van der Waals surface area contributed by atoms with Gasteiger partial charge in [0.15, 0.2) is 0 Å². The summed E-state index contributed by atoms with van der Waals surface area (Å²) in [5, 5.41) is 0. The van der Waals surface area contributed by atoms with Crippen LogP contribution in [-0.2, 0) is 19.1 Å². The standard InChI is InChI=1S/C16H27NO5/c1-15(2,3)21-13(19)12-8-7-11(9-10-18)17(12)14(20)22-16(4,5)6/h10-12H,7-9H2,1-6H3/t11-,12+/m1/s1. The summed E-state index contributed by atoms with van der Waals surface area (Å²) in [6.07, 6.45) is 1.44. The normalized spacial score (nSPS) is 22.4. The number of rotatable bonds is 3. The molecule has 0 aromatic carbocycles. The third-order valence-electron chi connectivity index (χ3n) is 3.15. The molecule has 2 atom stereocenters. The number of carbonyl (C=O) groups is 3. The minimum Gasteiger partial charge on any atom is -0.458 e. The Morgan fingerprint density at radius 1 is 1.05 bits per heavy atom. The molecule has 22 heavy (non-hydrogen) atoms. The molecule has 1 aliphatic rings. The first-order valence-corrected chi connectivity index (χ1v) is 7.62. The van der Waals surface area contributed by atoms with Crippen LogP contribution in [0.3, 0.4) is 0 Å². The molecule has 6 heteroatoms. The average Bonchev–Trinajstić information content (AvgIpc) is 2.68. The number of nitrogens with zero attached hydrogens (tertiary/aromatic N) is 1. The smallest absolute Gasteiger partial charge is 0.411 e. The molecule has 1 saturated heterocycles. The quantitative estimate of drug-likeness (QED) is 0.591. The van der Waals surface area contributed by atoms with Gasteiger partial charge < -0.3 is 14.3 Å². The van der Waals surface area contributed by atoms with Gasteiger partial charge in [-0.1, -0.05) is 0 Å². The number of hydrogen-bond donors (Lipinski definition) is 0. The first kappa shape index (κ1) is 18.5. The third-order valence-corrected chi connectivity index (χ3v) is 3.15. The van der Waals surface area contributed by atoms with Crippen molar-refractivity contribution in [1.29, 1.82) is 0 Å². The first-order valence-electron chi connectivity index (χ1n) is 7.62. The highest BCUT2D eigenvalue weighted by Crippen LogP contribution is 2.29. The van der Waals surface area contributed by atoms with E-state index in [9.17, 15) is 14.4 Å². The minimum atomic E-state index is -0.695. The molecule has 6 nitrogen and oxygen atoms in total. The SMILES string of the molecule is CC(C)(C)OC(=O)[C@@H]1CC[C@H](CC=O)N1C(=O)OC(C)(C)C. The van der Waals surface area contributed by atoms with Crippen LogP contribution in [0.15, 0.2) is 0 Å². The number of ether oxygens (including phenoxy) is 2. The van der Waals surface area contributed by atoms with E-state index >= 15 is 0 Å². The van der Waals surface area contributed by atoms with Crippen molar-refractivity contribution in [3.63, 3.8) is 0 Å². The van der Waals surface area contributed by atoms with Gasteiger partial charge in [0, 0.05) is 12.5 Å². The lowest BCUT2D eigenvalue weighted by Crippen LogP contribution is -2.48. The Kier molecular flexibility index (Phi) is 5.59. The number of carbonyl (C=O) groups excluding carboxylic acids is 3. The van der Waals surface area contributed by atoms with Crippen molar-refractivity contribution < 1.29 is 23.9 Å². The molecule has 1 amide bonds. The number of likely N-dealkylation sites (tertiary alicyclic amines) is 1. The molecule has 0 spiro atoms. The van der Waals surface area contributed by atoms with Gasteiger partial charge in [-0.3, -0.25) is 4.90 Å². The lowest BCUT2D eigenvalue weighted by atomic mass is 10.1. The molecule has 0 aliphatic carbocycles. The van der Waals surface area contributed by atoms with Crippen molar-refractivity contribution in [3.8, 4) is 0 Å². The topological polar surface area (TPSA) is 72.9 Å². The van der Waals surface area contributed by atoms with Gasteiger partial charge in [0.05, 0.1) is 0 Å². The maximum Gasteiger partial charge on any atom is 0.411 e. The molecule has 1 aliphatic heterocycles. The van der Waals surface area contributed by atoms with E-state index in [1.165, 1.54) is 4.90 Å².